The van der Waals surface area contributed by atoms with E-state index >= 15 is 0 Å². The third-order valence-electron chi connectivity index (χ3n) is 6.79. The summed E-state index contributed by atoms with van der Waals surface area (Å²) in [5.41, 5.74) is 0.398. The predicted octanol–water partition coefficient (Wildman–Crippen LogP) is 3.87. The number of esters is 1. The summed E-state index contributed by atoms with van der Waals surface area (Å²) in [7, 11) is 1.38. The van der Waals surface area contributed by atoms with Gasteiger partial charge in [-0.3, -0.25) is 24.0 Å². The number of nitrogens with zero attached hydrogens (tertiary/aromatic N) is 3. The van der Waals surface area contributed by atoms with Crippen molar-refractivity contribution in [3.05, 3.63) is 71.2 Å². The summed E-state index contributed by atoms with van der Waals surface area (Å²) >= 11 is 3.00. The Balaban J connectivity index is 0.000000222. The Labute approximate surface area is 272 Å². The first-order chi connectivity index (χ1) is 22.3. The van der Waals surface area contributed by atoms with Crippen molar-refractivity contribution < 1.29 is 37.8 Å². The molecule has 0 aliphatic carbocycles. The molecule has 2 N–H and O–H groups in total. The van der Waals surface area contributed by atoms with Crippen molar-refractivity contribution in [2.24, 2.45) is 5.92 Å². The Kier molecular flexibility index (Phi) is 12.7. The zero-order chi connectivity index (χ0) is 32.9. The maximum Gasteiger partial charge on any atom is 0.311 e. The molecule has 0 unspecified atom stereocenters. The van der Waals surface area contributed by atoms with Crippen LogP contribution in [0.4, 0.5) is 0 Å². The molecule has 0 atom stereocenters. The molecule has 242 valence electrons. The van der Waals surface area contributed by atoms with Gasteiger partial charge in [-0.15, -0.1) is 22.7 Å². The van der Waals surface area contributed by atoms with Gasteiger partial charge >= 0.3 is 5.97 Å². The standard InChI is InChI=1S/C18H21N3O5S.C13H12N2O3S/c1-25-18(24)12-10-21(11-12)7-5-13(22)4-6-19-17(23)14-9-15(26-20-14)16-3-2-8-27-16;1-2-9(16)5-6-14-13(17)10-8-11(18-15-10)12-4-3-7-19-12/h2-3,8-9,12H,4-7,10-11H2,1H3,(H,19,23);2-4,7-8H,1,5-6H2,(H,14,17). The lowest BCUT2D eigenvalue weighted by molar-refractivity contribution is -0.151. The van der Waals surface area contributed by atoms with Crippen molar-refractivity contribution >= 4 is 52.0 Å². The molecule has 1 aliphatic heterocycles. The van der Waals surface area contributed by atoms with Gasteiger partial charge in [-0.2, -0.15) is 0 Å². The van der Waals surface area contributed by atoms with Crippen LogP contribution in [0, 0.1) is 5.92 Å². The minimum atomic E-state index is -0.363. The van der Waals surface area contributed by atoms with Gasteiger partial charge in [0.1, 0.15) is 5.78 Å². The Morgan fingerprint density at radius 3 is 1.93 bits per heavy atom. The van der Waals surface area contributed by atoms with E-state index in [9.17, 15) is 24.0 Å². The smallest absolute Gasteiger partial charge is 0.311 e. The number of carbonyl (C=O) groups is 5. The van der Waals surface area contributed by atoms with Crippen LogP contribution in [0.2, 0.25) is 0 Å². The number of amides is 2. The molecule has 0 saturated carbocycles. The highest BCUT2D eigenvalue weighted by Gasteiger charge is 2.33. The number of likely N-dealkylation sites (tertiary alicyclic amines) is 1. The topological polar surface area (TPSA) is 174 Å². The van der Waals surface area contributed by atoms with E-state index in [1.165, 1.54) is 35.9 Å². The number of hydrogen-bond donors (Lipinski definition) is 2. The second-order valence-corrected chi connectivity index (χ2v) is 12.0. The van der Waals surface area contributed by atoms with E-state index < -0.39 is 0 Å². The van der Waals surface area contributed by atoms with Crippen LogP contribution in [0.5, 0.6) is 0 Å². The minimum Gasteiger partial charge on any atom is -0.469 e. The quantitative estimate of drug-likeness (QED) is 0.139. The van der Waals surface area contributed by atoms with Gasteiger partial charge in [-0.05, 0) is 29.0 Å². The molecule has 1 fully saturated rings. The SMILES string of the molecule is C=CC(=O)CCNC(=O)c1cc(-c2cccs2)on1.COC(=O)C1CN(CCC(=O)CCNC(=O)c2cc(-c3cccs3)on2)C1. The summed E-state index contributed by atoms with van der Waals surface area (Å²) in [6.45, 7) is 5.76. The second-order valence-electron chi connectivity index (χ2n) is 10.1. The number of aromatic nitrogens is 2. The van der Waals surface area contributed by atoms with E-state index in [0.29, 0.717) is 37.6 Å². The second kappa shape index (κ2) is 17.1. The number of nitrogens with one attached hydrogen (secondary N) is 2. The van der Waals surface area contributed by atoms with Gasteiger partial charge in [0.25, 0.3) is 11.8 Å². The molecule has 13 nitrogen and oxygen atoms in total. The molecule has 5 heterocycles. The van der Waals surface area contributed by atoms with Gasteiger partial charge in [-0.25, -0.2) is 0 Å². The van der Waals surface area contributed by atoms with Gasteiger partial charge < -0.3 is 29.3 Å². The number of allylic oxidation sites excluding steroid dienone is 1. The molecular formula is C31H33N5O8S2. The van der Waals surface area contributed by atoms with Crippen molar-refractivity contribution in [3.8, 4) is 21.3 Å². The number of thiophene rings is 2. The molecular weight excluding hydrogens is 635 g/mol. The van der Waals surface area contributed by atoms with E-state index in [-0.39, 0.29) is 72.6 Å². The summed E-state index contributed by atoms with van der Waals surface area (Å²) < 4.78 is 14.9. The summed E-state index contributed by atoms with van der Waals surface area (Å²) in [5, 5.41) is 16.6. The van der Waals surface area contributed by atoms with E-state index in [4.69, 9.17) is 9.05 Å². The summed E-state index contributed by atoms with van der Waals surface area (Å²) in [6.07, 6.45) is 2.12. The lowest BCUT2D eigenvalue weighted by Gasteiger charge is -2.37. The molecule has 0 radical (unpaired) electrons. The fraction of sp³-hybridized carbons (Fsp3) is 0.323. The van der Waals surface area contributed by atoms with Crippen molar-refractivity contribution in [1.82, 2.24) is 25.8 Å². The average Bonchev–Trinajstić information content (AvgIpc) is 3.87. The van der Waals surface area contributed by atoms with Crippen LogP contribution in [0.25, 0.3) is 21.3 Å². The lowest BCUT2D eigenvalue weighted by Crippen LogP contribution is -2.51. The highest BCUT2D eigenvalue weighted by Crippen LogP contribution is 2.26. The van der Waals surface area contributed by atoms with E-state index in [0.717, 1.165) is 9.75 Å². The summed E-state index contributed by atoms with van der Waals surface area (Å²) in [5.74, 6) is 0.0621. The van der Waals surface area contributed by atoms with Crippen LogP contribution in [0.15, 0.2) is 68.9 Å². The fourth-order valence-electron chi connectivity index (χ4n) is 4.21. The van der Waals surface area contributed by atoms with Crippen LogP contribution >= 0.6 is 22.7 Å². The lowest BCUT2D eigenvalue weighted by atomic mass is 10.00. The number of Topliss-reactive ketones (excluding diaryl/α,β-unsaturated/α-hetero) is 1. The summed E-state index contributed by atoms with van der Waals surface area (Å²) in [4.78, 5) is 61.9. The first-order valence-electron chi connectivity index (χ1n) is 14.3. The van der Waals surface area contributed by atoms with Crippen LogP contribution in [0.3, 0.4) is 0 Å². The van der Waals surface area contributed by atoms with Crippen molar-refractivity contribution in [2.45, 2.75) is 19.3 Å². The van der Waals surface area contributed by atoms with Gasteiger partial charge in [-0.1, -0.05) is 29.0 Å². The number of methoxy groups -OCH3 is 1. The van der Waals surface area contributed by atoms with Crippen LogP contribution in [0.1, 0.15) is 40.2 Å². The highest BCUT2D eigenvalue weighted by molar-refractivity contribution is 7.13. The Morgan fingerprint density at radius 2 is 1.46 bits per heavy atom. The molecule has 1 aliphatic rings. The average molecular weight is 668 g/mol. The number of rotatable bonds is 15. The molecule has 5 rings (SSSR count). The minimum absolute atomic E-state index is 0.0660. The third kappa shape index (κ3) is 9.89. The van der Waals surface area contributed by atoms with Crippen molar-refractivity contribution in [1.29, 1.82) is 0 Å². The monoisotopic (exact) mass is 667 g/mol. The van der Waals surface area contributed by atoms with E-state index in [1.807, 2.05) is 39.9 Å². The maximum atomic E-state index is 12.1. The molecule has 4 aromatic rings. The zero-order valence-electron chi connectivity index (χ0n) is 25.1. The number of ketones is 2. The first kappa shape index (κ1) is 34.1. The highest BCUT2D eigenvalue weighted by atomic mass is 32.1. The number of hydrogen-bond acceptors (Lipinski definition) is 13. The van der Waals surface area contributed by atoms with Gasteiger partial charge in [0.15, 0.2) is 28.7 Å². The number of ether oxygens (including phenoxy) is 1. The third-order valence-corrected chi connectivity index (χ3v) is 8.56. The molecule has 1 saturated heterocycles. The Morgan fingerprint density at radius 1 is 0.913 bits per heavy atom. The van der Waals surface area contributed by atoms with E-state index in [2.05, 4.69) is 32.3 Å². The molecule has 4 aromatic heterocycles. The molecule has 0 aromatic carbocycles. The Bertz CT molecular complexity index is 1620. The predicted molar refractivity (Wildman–Crippen MR) is 170 cm³/mol. The van der Waals surface area contributed by atoms with Crippen LogP contribution in [-0.2, 0) is 19.1 Å². The molecule has 46 heavy (non-hydrogen) atoms. The molecule has 15 heteroatoms. The maximum absolute atomic E-state index is 12.1. The number of carbonyl (C=O) groups excluding carboxylic acids is 5. The fourth-order valence-corrected chi connectivity index (χ4v) is 5.55. The van der Waals surface area contributed by atoms with Crippen molar-refractivity contribution in [2.75, 3.05) is 39.8 Å². The van der Waals surface area contributed by atoms with Crippen LogP contribution < -0.4 is 10.6 Å². The first-order valence-corrected chi connectivity index (χ1v) is 16.1. The molecule has 0 spiro atoms. The Hall–Kier alpha value is -4.73. The van der Waals surface area contributed by atoms with Crippen molar-refractivity contribution in [3.63, 3.8) is 0 Å². The van der Waals surface area contributed by atoms with Gasteiger partial charge in [0.05, 0.1) is 22.8 Å². The largest absolute Gasteiger partial charge is 0.469 e. The van der Waals surface area contributed by atoms with Gasteiger partial charge in [0, 0.05) is 64.1 Å². The van der Waals surface area contributed by atoms with E-state index in [1.54, 1.807) is 12.1 Å². The molecule has 2 amide bonds. The van der Waals surface area contributed by atoms with Gasteiger partial charge in [0.2, 0.25) is 0 Å². The van der Waals surface area contributed by atoms with Crippen LogP contribution in [-0.4, -0.2) is 84.4 Å². The summed E-state index contributed by atoms with van der Waals surface area (Å²) in [6, 6.07) is 10.7. The normalized spacial score (nSPS) is 12.7. The molecule has 0 bridgehead atoms. The zero-order valence-corrected chi connectivity index (χ0v) is 26.7.